The van der Waals surface area contributed by atoms with E-state index in [4.69, 9.17) is 4.74 Å². The predicted octanol–water partition coefficient (Wildman–Crippen LogP) is -1.01. The molecular weight excluding hydrogens is 142 g/mol. The second kappa shape index (κ2) is 1.47. The molecule has 0 bridgehead atoms. The van der Waals surface area contributed by atoms with Gasteiger partial charge in [-0.3, -0.25) is 0 Å². The Balaban J connectivity index is 2.27. The van der Waals surface area contributed by atoms with Gasteiger partial charge in [-0.25, -0.2) is 8.42 Å². The summed E-state index contributed by atoms with van der Waals surface area (Å²) >= 11 is 0. The van der Waals surface area contributed by atoms with Gasteiger partial charge in [-0.1, -0.05) is 0 Å². The number of fused-ring (bicyclic) bond motifs is 1. The van der Waals surface area contributed by atoms with Crippen molar-refractivity contribution in [3.05, 3.63) is 0 Å². The molecule has 2 fully saturated rings. The van der Waals surface area contributed by atoms with Crippen LogP contribution in [-0.2, 0) is 14.8 Å². The Labute approximate surface area is 53.5 Å². The standard InChI is InChI=1S/C4H7NO3S/c6-9(7)3-4-5(9)1-2-8-4/h4H,1-3H2. The maximum atomic E-state index is 10.7. The zero-order chi connectivity index (χ0) is 6.48. The summed E-state index contributed by atoms with van der Waals surface area (Å²) < 4.78 is 27.9. The molecule has 0 aromatic rings. The predicted molar refractivity (Wildman–Crippen MR) is 30.2 cm³/mol. The van der Waals surface area contributed by atoms with Crippen molar-refractivity contribution in [1.82, 2.24) is 4.31 Å². The molecule has 4 nitrogen and oxygen atoms in total. The first-order chi connectivity index (χ1) is 4.20. The molecule has 2 saturated heterocycles. The zero-order valence-corrected chi connectivity index (χ0v) is 5.60. The first kappa shape index (κ1) is 5.64. The van der Waals surface area contributed by atoms with Crippen molar-refractivity contribution in [3.8, 4) is 0 Å². The average Bonchev–Trinajstić information content (AvgIpc) is 2.10. The molecule has 1 unspecified atom stereocenters. The van der Waals surface area contributed by atoms with Gasteiger partial charge in [-0.2, -0.15) is 4.31 Å². The van der Waals surface area contributed by atoms with Gasteiger partial charge in [0.05, 0.1) is 6.61 Å². The van der Waals surface area contributed by atoms with Gasteiger partial charge < -0.3 is 4.74 Å². The summed E-state index contributed by atoms with van der Waals surface area (Å²) in [5.74, 6) is 0.188. The van der Waals surface area contributed by atoms with E-state index >= 15 is 0 Å². The second-order valence-corrected chi connectivity index (χ2v) is 4.18. The SMILES string of the molecule is O=S1(=O)CC2OCCN21. The van der Waals surface area contributed by atoms with E-state index in [1.165, 1.54) is 4.31 Å². The highest BCUT2D eigenvalue weighted by Gasteiger charge is 2.47. The summed E-state index contributed by atoms with van der Waals surface area (Å²) in [6.07, 6.45) is -0.116. The summed E-state index contributed by atoms with van der Waals surface area (Å²) in [6, 6.07) is 0. The van der Waals surface area contributed by atoms with Crippen LogP contribution in [0.5, 0.6) is 0 Å². The number of hydrogen-bond donors (Lipinski definition) is 0. The highest BCUT2D eigenvalue weighted by atomic mass is 32.2. The van der Waals surface area contributed by atoms with E-state index in [-0.39, 0.29) is 12.0 Å². The van der Waals surface area contributed by atoms with Crippen molar-refractivity contribution in [2.24, 2.45) is 0 Å². The third kappa shape index (κ3) is 0.623. The monoisotopic (exact) mass is 149 g/mol. The van der Waals surface area contributed by atoms with E-state index in [0.717, 1.165) is 0 Å². The molecule has 0 aliphatic carbocycles. The fourth-order valence-corrected chi connectivity index (χ4v) is 2.56. The zero-order valence-electron chi connectivity index (χ0n) is 4.78. The molecule has 2 heterocycles. The van der Waals surface area contributed by atoms with Gasteiger partial charge in [0.1, 0.15) is 12.0 Å². The maximum Gasteiger partial charge on any atom is 0.220 e. The van der Waals surface area contributed by atoms with Crippen LogP contribution in [0.1, 0.15) is 0 Å². The molecule has 2 rings (SSSR count). The van der Waals surface area contributed by atoms with Crippen molar-refractivity contribution in [2.75, 3.05) is 18.9 Å². The Bertz CT molecular complexity index is 222. The van der Waals surface area contributed by atoms with E-state index in [9.17, 15) is 8.42 Å². The van der Waals surface area contributed by atoms with Crippen molar-refractivity contribution in [3.63, 3.8) is 0 Å². The molecule has 0 aromatic carbocycles. The normalized spacial score (nSPS) is 39.8. The van der Waals surface area contributed by atoms with Crippen molar-refractivity contribution in [2.45, 2.75) is 6.23 Å². The van der Waals surface area contributed by atoms with Gasteiger partial charge in [0, 0.05) is 6.54 Å². The van der Waals surface area contributed by atoms with Crippen LogP contribution < -0.4 is 0 Å². The van der Waals surface area contributed by atoms with Crippen molar-refractivity contribution >= 4 is 10.0 Å². The third-order valence-electron chi connectivity index (χ3n) is 1.65. The lowest BCUT2D eigenvalue weighted by Crippen LogP contribution is -2.52. The van der Waals surface area contributed by atoms with Gasteiger partial charge in [-0.05, 0) is 0 Å². The van der Waals surface area contributed by atoms with Crippen molar-refractivity contribution in [1.29, 1.82) is 0 Å². The molecule has 52 valence electrons. The first-order valence-corrected chi connectivity index (χ1v) is 4.42. The van der Waals surface area contributed by atoms with E-state index in [1.807, 2.05) is 0 Å². The highest BCUT2D eigenvalue weighted by molar-refractivity contribution is 7.90. The molecule has 0 saturated carbocycles. The van der Waals surface area contributed by atoms with E-state index in [1.54, 1.807) is 0 Å². The molecule has 0 aromatic heterocycles. The maximum absolute atomic E-state index is 10.7. The van der Waals surface area contributed by atoms with Crippen LogP contribution in [-0.4, -0.2) is 37.9 Å². The largest absolute Gasteiger partial charge is 0.360 e. The minimum Gasteiger partial charge on any atom is -0.360 e. The number of hydrogen-bond acceptors (Lipinski definition) is 3. The van der Waals surface area contributed by atoms with Crippen molar-refractivity contribution < 1.29 is 13.2 Å². The quantitative estimate of drug-likeness (QED) is 0.443. The number of ether oxygens (including phenoxy) is 1. The summed E-state index contributed by atoms with van der Waals surface area (Å²) in [5, 5.41) is 0. The van der Waals surface area contributed by atoms with E-state index in [2.05, 4.69) is 0 Å². The molecular formula is C4H7NO3S. The topological polar surface area (TPSA) is 46.6 Å². The van der Waals surface area contributed by atoms with Gasteiger partial charge in [0.25, 0.3) is 0 Å². The van der Waals surface area contributed by atoms with Crippen LogP contribution >= 0.6 is 0 Å². The van der Waals surface area contributed by atoms with Crippen LogP contribution in [0.4, 0.5) is 0 Å². The lowest BCUT2D eigenvalue weighted by atomic mass is 10.6. The molecule has 0 radical (unpaired) electrons. The Morgan fingerprint density at radius 3 is 2.78 bits per heavy atom. The highest BCUT2D eigenvalue weighted by Crippen LogP contribution is 2.26. The molecule has 0 spiro atoms. The smallest absolute Gasteiger partial charge is 0.220 e. The van der Waals surface area contributed by atoms with Gasteiger partial charge in [0.2, 0.25) is 10.0 Å². The van der Waals surface area contributed by atoms with Crippen LogP contribution in [0.2, 0.25) is 0 Å². The van der Waals surface area contributed by atoms with E-state index < -0.39 is 10.0 Å². The van der Waals surface area contributed by atoms with Gasteiger partial charge in [0.15, 0.2) is 0 Å². The minimum atomic E-state index is -2.85. The van der Waals surface area contributed by atoms with Gasteiger partial charge in [-0.15, -0.1) is 0 Å². The summed E-state index contributed by atoms with van der Waals surface area (Å²) in [4.78, 5) is 0. The molecule has 0 N–H and O–H groups in total. The molecule has 2 aliphatic rings. The number of rotatable bonds is 0. The Morgan fingerprint density at radius 1 is 1.56 bits per heavy atom. The Morgan fingerprint density at radius 2 is 2.33 bits per heavy atom. The third-order valence-corrected chi connectivity index (χ3v) is 3.49. The van der Waals surface area contributed by atoms with Crippen LogP contribution in [0.15, 0.2) is 0 Å². The van der Waals surface area contributed by atoms with Gasteiger partial charge >= 0.3 is 0 Å². The molecule has 1 atom stereocenters. The molecule has 0 amide bonds. The second-order valence-electron chi connectivity index (χ2n) is 2.21. The lowest BCUT2D eigenvalue weighted by Gasteiger charge is -2.31. The number of nitrogens with zero attached hydrogens (tertiary/aromatic N) is 1. The molecule has 9 heavy (non-hydrogen) atoms. The average molecular weight is 149 g/mol. The fourth-order valence-electron chi connectivity index (χ4n) is 1.15. The summed E-state index contributed by atoms with van der Waals surface area (Å²) in [7, 11) is -2.85. The van der Waals surface area contributed by atoms with E-state index in [0.29, 0.717) is 13.2 Å². The van der Waals surface area contributed by atoms with Crippen LogP contribution in [0.3, 0.4) is 0 Å². The first-order valence-electron chi connectivity index (χ1n) is 2.81. The molecule has 5 heteroatoms. The van der Waals surface area contributed by atoms with Crippen LogP contribution in [0.25, 0.3) is 0 Å². The summed E-state index contributed by atoms with van der Waals surface area (Å²) in [6.45, 7) is 1.11. The lowest BCUT2D eigenvalue weighted by molar-refractivity contribution is 0.0671. The number of sulfonamides is 1. The summed E-state index contributed by atoms with van der Waals surface area (Å²) in [5.41, 5.74) is 0. The minimum absolute atomic E-state index is 0.116. The van der Waals surface area contributed by atoms with Crippen LogP contribution in [0, 0.1) is 0 Å². The Kier molecular flexibility index (Phi) is 0.924. The molecule has 2 aliphatic heterocycles. The Hall–Kier alpha value is -0.130. The fraction of sp³-hybridized carbons (Fsp3) is 1.00.